The van der Waals surface area contributed by atoms with Gasteiger partial charge in [0.1, 0.15) is 18.0 Å². The summed E-state index contributed by atoms with van der Waals surface area (Å²) in [6.45, 7) is 7.94. The number of piperazine rings is 2. The van der Waals surface area contributed by atoms with E-state index in [0.29, 0.717) is 18.7 Å². The zero-order valence-corrected chi connectivity index (χ0v) is 33.2. The highest BCUT2D eigenvalue weighted by Crippen LogP contribution is 2.32. The van der Waals surface area contributed by atoms with Crippen LogP contribution in [0.4, 0.5) is 4.79 Å². The molecule has 3 aliphatic heterocycles. The molecular weight excluding hydrogens is 747 g/mol. The normalized spacial score (nSPS) is 18.9. The van der Waals surface area contributed by atoms with Gasteiger partial charge < -0.3 is 29.7 Å². The first-order chi connectivity index (χ1) is 28.7. The van der Waals surface area contributed by atoms with Crippen LogP contribution in [0.3, 0.4) is 0 Å². The molecule has 0 bridgehead atoms. The second kappa shape index (κ2) is 17.1. The predicted octanol–water partition coefficient (Wildman–Crippen LogP) is 3.97. The molecule has 5 aromatic rings. The largest absolute Gasteiger partial charge is 0.508 e. The molecule has 0 aliphatic carbocycles. The first-order valence-corrected chi connectivity index (χ1v) is 20.0. The van der Waals surface area contributed by atoms with Crippen molar-refractivity contribution >= 4 is 34.7 Å². The number of carbonyl (C=O) groups excluding carboxylic acids is 4. The topological polar surface area (TPSA) is 138 Å². The van der Waals surface area contributed by atoms with Gasteiger partial charge in [-0.05, 0) is 41.0 Å². The second-order valence-electron chi connectivity index (χ2n) is 15.4. The van der Waals surface area contributed by atoms with Crippen molar-refractivity contribution in [1.82, 2.24) is 44.5 Å². The number of benzene rings is 3. The number of nitrogens with one attached hydrogen (secondary N) is 1. The molecule has 5 heterocycles. The number of aromatic hydroxyl groups is 1. The Morgan fingerprint density at radius 1 is 0.898 bits per heavy atom. The first-order valence-electron chi connectivity index (χ1n) is 20.0. The van der Waals surface area contributed by atoms with E-state index in [4.69, 9.17) is 0 Å². The number of para-hydroxylation sites is 1. The third-order valence-electron chi connectivity index (χ3n) is 11.5. The lowest BCUT2D eigenvalue weighted by Gasteiger charge is -2.55. The number of aryl methyl sites for hydroxylation is 1. The Hall–Kier alpha value is -6.51. The lowest BCUT2D eigenvalue weighted by atomic mass is 9.98. The van der Waals surface area contributed by atoms with Crippen molar-refractivity contribution < 1.29 is 24.3 Å². The maximum Gasteiger partial charge on any atom is 0.334 e. The molecule has 2 N–H and O–H groups in total. The smallest absolute Gasteiger partial charge is 0.334 e. The summed E-state index contributed by atoms with van der Waals surface area (Å²) in [6.07, 6.45) is 4.67. The molecule has 2 atom stereocenters. The van der Waals surface area contributed by atoms with Crippen LogP contribution < -0.4 is 5.32 Å². The van der Waals surface area contributed by atoms with E-state index in [0.717, 1.165) is 52.9 Å². The number of phenolic OH excluding ortho intramolecular Hbond substituents is 1. The standard InChI is InChI=1S/C45H49N9O5/c1-3-20-52-31-41(56)53-39(25-32-15-17-36(55)18-16-32)44(58)51(30-40(53)54(52)45(59)47-26-33-10-5-4-6-11-33)27-34-12-9-14-37-38(29-48(2)42(34)37)43(57)50-23-21-49(22-24-50)28-35-13-7-8-19-46-35/h3-19,29,39-40,55H,1,20-28,30-31H2,2H3,(H,47,59)/t39-,40-/m0/s1. The van der Waals surface area contributed by atoms with Crippen molar-refractivity contribution in [3.63, 3.8) is 0 Å². The van der Waals surface area contributed by atoms with E-state index in [9.17, 15) is 24.3 Å². The number of hydrogen-bond donors (Lipinski definition) is 2. The third kappa shape index (κ3) is 8.27. The van der Waals surface area contributed by atoms with Crippen molar-refractivity contribution in [2.45, 2.75) is 38.3 Å². The van der Waals surface area contributed by atoms with Crippen LogP contribution in [0.2, 0.25) is 0 Å². The molecule has 3 saturated heterocycles. The van der Waals surface area contributed by atoms with E-state index in [-0.39, 0.29) is 62.6 Å². The molecule has 3 fully saturated rings. The molecule has 14 nitrogen and oxygen atoms in total. The van der Waals surface area contributed by atoms with Crippen LogP contribution in [-0.2, 0) is 42.7 Å². The number of fused-ring (bicyclic) bond motifs is 2. The summed E-state index contributed by atoms with van der Waals surface area (Å²) < 4.78 is 1.95. The average Bonchev–Trinajstić information content (AvgIpc) is 3.59. The van der Waals surface area contributed by atoms with Gasteiger partial charge in [-0.3, -0.25) is 24.3 Å². The summed E-state index contributed by atoms with van der Waals surface area (Å²) in [6, 6.07) is 26.6. The number of hydrogen-bond acceptors (Lipinski definition) is 8. The van der Waals surface area contributed by atoms with Crippen LogP contribution in [0.15, 0.2) is 116 Å². The molecule has 0 radical (unpaired) electrons. The van der Waals surface area contributed by atoms with Crippen LogP contribution in [0.25, 0.3) is 10.9 Å². The lowest BCUT2D eigenvalue weighted by molar-refractivity contribution is -0.189. The van der Waals surface area contributed by atoms with E-state index in [1.54, 1.807) is 56.4 Å². The van der Waals surface area contributed by atoms with Crippen molar-refractivity contribution in [2.75, 3.05) is 45.8 Å². The van der Waals surface area contributed by atoms with E-state index < -0.39 is 18.2 Å². The van der Waals surface area contributed by atoms with E-state index in [2.05, 4.69) is 21.8 Å². The minimum atomic E-state index is -0.929. The van der Waals surface area contributed by atoms with Gasteiger partial charge in [-0.1, -0.05) is 72.8 Å². The van der Waals surface area contributed by atoms with Crippen LogP contribution in [-0.4, -0.2) is 126 Å². The summed E-state index contributed by atoms with van der Waals surface area (Å²) in [7, 11) is 1.91. The Kier molecular flexibility index (Phi) is 11.4. The van der Waals surface area contributed by atoms with Crippen molar-refractivity contribution in [3.8, 4) is 5.75 Å². The number of rotatable bonds is 11. The number of urea groups is 1. The summed E-state index contributed by atoms with van der Waals surface area (Å²) >= 11 is 0. The maximum atomic E-state index is 14.7. The molecule has 0 saturated carbocycles. The molecule has 0 unspecified atom stereocenters. The number of aromatic nitrogens is 2. The number of pyridine rings is 1. The summed E-state index contributed by atoms with van der Waals surface area (Å²) in [5.74, 6) is -0.472. The molecule has 304 valence electrons. The Morgan fingerprint density at radius 3 is 2.39 bits per heavy atom. The third-order valence-corrected chi connectivity index (χ3v) is 11.5. The van der Waals surface area contributed by atoms with Crippen LogP contribution >= 0.6 is 0 Å². The number of carbonyl (C=O) groups is 4. The van der Waals surface area contributed by atoms with E-state index in [1.807, 2.05) is 89.4 Å². The molecule has 8 rings (SSSR count). The Bertz CT molecular complexity index is 2330. The molecule has 59 heavy (non-hydrogen) atoms. The zero-order chi connectivity index (χ0) is 41.0. The average molecular weight is 796 g/mol. The molecule has 3 aromatic carbocycles. The fourth-order valence-electron chi connectivity index (χ4n) is 8.61. The molecule has 2 aromatic heterocycles. The summed E-state index contributed by atoms with van der Waals surface area (Å²) in [5.41, 5.74) is 4.95. The fraction of sp³-hybridized carbons (Fsp3) is 0.311. The van der Waals surface area contributed by atoms with Gasteiger partial charge in [-0.2, -0.15) is 0 Å². The van der Waals surface area contributed by atoms with Gasteiger partial charge in [0.05, 0.1) is 29.9 Å². The quantitative estimate of drug-likeness (QED) is 0.192. The highest BCUT2D eigenvalue weighted by atomic mass is 16.3. The van der Waals surface area contributed by atoms with Gasteiger partial charge in [0, 0.05) is 83.6 Å². The van der Waals surface area contributed by atoms with Crippen molar-refractivity contribution in [2.24, 2.45) is 7.05 Å². The second-order valence-corrected chi connectivity index (χ2v) is 15.4. The first kappa shape index (κ1) is 39.3. The Balaban J connectivity index is 1.08. The van der Waals surface area contributed by atoms with E-state index >= 15 is 0 Å². The number of amides is 5. The molecule has 14 heteroatoms. The van der Waals surface area contributed by atoms with Gasteiger partial charge in [-0.15, -0.1) is 6.58 Å². The SMILES string of the molecule is C=CCN1CC(=O)N2[C@@H](Cc3ccc(O)cc3)C(=O)N(Cc3cccc4c(C(=O)N5CCN(Cc6ccccn6)CC5)cn(C)c34)C[C@@H]2N1C(=O)NCc1ccccc1. The Labute approximate surface area is 343 Å². The molecular formula is C45H49N9O5. The van der Waals surface area contributed by atoms with Gasteiger partial charge in [0.25, 0.3) is 5.91 Å². The Morgan fingerprint density at radius 2 is 1.66 bits per heavy atom. The summed E-state index contributed by atoms with van der Waals surface area (Å²) in [4.78, 5) is 69.1. The highest BCUT2D eigenvalue weighted by Gasteiger charge is 2.51. The zero-order valence-electron chi connectivity index (χ0n) is 33.2. The van der Waals surface area contributed by atoms with E-state index in [1.165, 1.54) is 0 Å². The fourth-order valence-corrected chi connectivity index (χ4v) is 8.61. The highest BCUT2D eigenvalue weighted by molar-refractivity contribution is 6.07. The van der Waals surface area contributed by atoms with Crippen molar-refractivity contribution in [1.29, 1.82) is 0 Å². The minimum absolute atomic E-state index is 0.0379. The minimum Gasteiger partial charge on any atom is -0.508 e. The lowest BCUT2D eigenvalue weighted by Crippen LogP contribution is -2.76. The predicted molar refractivity (Wildman–Crippen MR) is 222 cm³/mol. The molecule has 5 amide bonds. The van der Waals surface area contributed by atoms with Gasteiger partial charge in [0.15, 0.2) is 0 Å². The van der Waals surface area contributed by atoms with Crippen LogP contribution in [0.1, 0.15) is 32.7 Å². The van der Waals surface area contributed by atoms with Gasteiger partial charge in [0.2, 0.25) is 11.8 Å². The molecule has 0 spiro atoms. The molecule has 3 aliphatic rings. The van der Waals surface area contributed by atoms with Gasteiger partial charge in [-0.25, -0.2) is 14.8 Å². The summed E-state index contributed by atoms with van der Waals surface area (Å²) in [5, 5.41) is 17.1. The van der Waals surface area contributed by atoms with Crippen LogP contribution in [0.5, 0.6) is 5.75 Å². The van der Waals surface area contributed by atoms with Crippen molar-refractivity contribution in [3.05, 3.63) is 144 Å². The van der Waals surface area contributed by atoms with Crippen LogP contribution in [0, 0.1) is 0 Å². The number of phenols is 1. The maximum absolute atomic E-state index is 14.7. The van der Waals surface area contributed by atoms with Gasteiger partial charge >= 0.3 is 6.03 Å². The monoisotopic (exact) mass is 795 g/mol. The number of hydrazine groups is 1. The number of nitrogens with zero attached hydrogens (tertiary/aromatic N) is 8.